The summed E-state index contributed by atoms with van der Waals surface area (Å²) in [7, 11) is 0. The topological polar surface area (TPSA) is 41.1 Å². The molecule has 1 atom stereocenters. The van der Waals surface area contributed by atoms with Gasteiger partial charge in [0.25, 0.3) is 0 Å². The van der Waals surface area contributed by atoms with E-state index in [2.05, 4.69) is 17.6 Å². The van der Waals surface area contributed by atoms with Crippen molar-refractivity contribution in [1.29, 1.82) is 0 Å². The number of anilines is 2. The van der Waals surface area contributed by atoms with Gasteiger partial charge in [0.15, 0.2) is 0 Å². The molecule has 1 amide bonds. The van der Waals surface area contributed by atoms with Gasteiger partial charge in [-0.1, -0.05) is 29.8 Å². The highest BCUT2D eigenvalue weighted by Crippen LogP contribution is 2.34. The molecule has 0 bridgehead atoms. The average molecular weight is 319 g/mol. The van der Waals surface area contributed by atoms with E-state index in [0.717, 1.165) is 26.9 Å². The molecule has 108 valence electrons. The first-order valence-corrected chi connectivity index (χ1v) is 8.07. The van der Waals surface area contributed by atoms with Gasteiger partial charge in [0.05, 0.1) is 11.4 Å². The predicted molar refractivity (Wildman–Crippen MR) is 89.3 cm³/mol. The number of rotatable bonds is 3. The molecule has 3 rings (SSSR count). The molecule has 2 N–H and O–H groups in total. The van der Waals surface area contributed by atoms with Crippen LogP contribution < -0.4 is 10.6 Å². The Bertz CT molecular complexity index is 690. The van der Waals surface area contributed by atoms with E-state index in [1.54, 1.807) is 11.8 Å². The number of benzene rings is 2. The molecular formula is C16H15ClN2OS. The lowest BCUT2D eigenvalue weighted by molar-refractivity contribution is -0.113. The van der Waals surface area contributed by atoms with Crippen LogP contribution in [0.3, 0.4) is 0 Å². The number of hydrogen-bond donors (Lipinski definition) is 2. The van der Waals surface area contributed by atoms with E-state index >= 15 is 0 Å². The molecule has 0 saturated heterocycles. The number of hydrogen-bond acceptors (Lipinski definition) is 3. The van der Waals surface area contributed by atoms with E-state index < -0.39 is 0 Å². The Morgan fingerprint density at radius 2 is 2.10 bits per heavy atom. The lowest BCUT2D eigenvalue weighted by atomic mass is 10.1. The van der Waals surface area contributed by atoms with Gasteiger partial charge in [-0.15, -0.1) is 11.8 Å². The number of halogens is 1. The molecule has 0 radical (unpaired) electrons. The number of thioether (sulfide) groups is 1. The highest BCUT2D eigenvalue weighted by atomic mass is 35.5. The van der Waals surface area contributed by atoms with Gasteiger partial charge in [0, 0.05) is 21.6 Å². The summed E-state index contributed by atoms with van der Waals surface area (Å²) in [6, 6.07) is 13.9. The summed E-state index contributed by atoms with van der Waals surface area (Å²) in [5.74, 6) is 0.527. The van der Waals surface area contributed by atoms with Crippen LogP contribution in [0.1, 0.15) is 18.5 Å². The van der Waals surface area contributed by atoms with Gasteiger partial charge in [-0.2, -0.15) is 0 Å². The Morgan fingerprint density at radius 1 is 1.29 bits per heavy atom. The Morgan fingerprint density at radius 3 is 2.90 bits per heavy atom. The molecular weight excluding hydrogens is 304 g/mol. The fourth-order valence-corrected chi connectivity index (χ4v) is 3.41. The molecule has 1 heterocycles. The van der Waals surface area contributed by atoms with Crippen LogP contribution in [0, 0.1) is 0 Å². The largest absolute Gasteiger partial charge is 0.378 e. The zero-order valence-electron chi connectivity index (χ0n) is 11.5. The van der Waals surface area contributed by atoms with Crippen LogP contribution in [0.25, 0.3) is 0 Å². The maximum absolute atomic E-state index is 11.5. The van der Waals surface area contributed by atoms with Crippen LogP contribution in [0.2, 0.25) is 5.02 Å². The second-order valence-corrected chi connectivity index (χ2v) is 6.36. The summed E-state index contributed by atoms with van der Waals surface area (Å²) < 4.78 is 0. The minimum atomic E-state index is 0.0452. The summed E-state index contributed by atoms with van der Waals surface area (Å²) in [5, 5.41) is 7.07. The van der Waals surface area contributed by atoms with E-state index in [1.165, 1.54) is 0 Å². The van der Waals surface area contributed by atoms with Gasteiger partial charge in [-0.3, -0.25) is 4.79 Å². The van der Waals surface area contributed by atoms with Gasteiger partial charge in [-0.05, 0) is 36.8 Å². The molecule has 3 nitrogen and oxygen atoms in total. The monoisotopic (exact) mass is 318 g/mol. The highest BCUT2D eigenvalue weighted by Gasteiger charge is 2.16. The van der Waals surface area contributed by atoms with Crippen molar-refractivity contribution < 1.29 is 4.79 Å². The predicted octanol–water partition coefficient (Wildman–Crippen LogP) is 4.56. The molecule has 1 aliphatic rings. The molecule has 0 fully saturated rings. The molecule has 2 aromatic rings. The zero-order chi connectivity index (χ0) is 14.8. The third-order valence-electron chi connectivity index (χ3n) is 3.37. The molecule has 0 aliphatic carbocycles. The van der Waals surface area contributed by atoms with Crippen LogP contribution >= 0.6 is 23.4 Å². The highest BCUT2D eigenvalue weighted by molar-refractivity contribution is 8.00. The zero-order valence-corrected chi connectivity index (χ0v) is 13.1. The number of fused-ring (bicyclic) bond motifs is 1. The molecule has 0 saturated carbocycles. The number of carbonyl (C=O) groups is 1. The number of amides is 1. The van der Waals surface area contributed by atoms with Gasteiger partial charge in [-0.25, -0.2) is 0 Å². The maximum atomic E-state index is 11.5. The Labute approximate surface area is 133 Å². The van der Waals surface area contributed by atoms with Gasteiger partial charge in [0.2, 0.25) is 5.91 Å². The number of carbonyl (C=O) groups excluding carboxylic acids is 1. The summed E-state index contributed by atoms with van der Waals surface area (Å²) in [6.07, 6.45) is 0. The molecule has 0 aromatic heterocycles. The van der Waals surface area contributed by atoms with Crippen LogP contribution in [0.5, 0.6) is 0 Å². The Balaban J connectivity index is 1.81. The van der Waals surface area contributed by atoms with Crippen LogP contribution in [-0.4, -0.2) is 11.7 Å². The summed E-state index contributed by atoms with van der Waals surface area (Å²) in [5.41, 5.74) is 2.88. The molecule has 5 heteroatoms. The normalized spacial score (nSPS) is 15.0. The van der Waals surface area contributed by atoms with Crippen LogP contribution in [-0.2, 0) is 4.79 Å². The maximum Gasteiger partial charge on any atom is 0.234 e. The second kappa shape index (κ2) is 6.00. The first-order chi connectivity index (χ1) is 10.1. The van der Waals surface area contributed by atoms with Gasteiger partial charge < -0.3 is 10.6 Å². The summed E-state index contributed by atoms with van der Waals surface area (Å²) in [6.45, 7) is 2.06. The lowest BCUT2D eigenvalue weighted by Gasteiger charge is -2.20. The van der Waals surface area contributed by atoms with Crippen molar-refractivity contribution in [2.75, 3.05) is 16.4 Å². The standard InChI is InChI=1S/C16H15ClN2OS/c1-10(12-4-2-3-5-13(12)17)18-11-6-7-15-14(8-11)19-16(20)9-21-15/h2-8,10,18H,9H2,1H3,(H,19,20). The van der Waals surface area contributed by atoms with Crippen LogP contribution in [0.4, 0.5) is 11.4 Å². The fraction of sp³-hybridized carbons (Fsp3) is 0.188. The van der Waals surface area contributed by atoms with Gasteiger partial charge in [0.1, 0.15) is 0 Å². The summed E-state index contributed by atoms with van der Waals surface area (Å²) >= 11 is 7.78. The number of nitrogens with one attached hydrogen (secondary N) is 2. The Kier molecular flexibility index (Phi) is 4.08. The fourth-order valence-electron chi connectivity index (χ4n) is 2.33. The van der Waals surface area contributed by atoms with Gasteiger partial charge >= 0.3 is 0 Å². The minimum absolute atomic E-state index is 0.0452. The minimum Gasteiger partial charge on any atom is -0.378 e. The smallest absolute Gasteiger partial charge is 0.234 e. The van der Waals surface area contributed by atoms with Crippen molar-refractivity contribution in [3.8, 4) is 0 Å². The van der Waals surface area contributed by atoms with E-state index in [0.29, 0.717) is 5.75 Å². The molecule has 2 aromatic carbocycles. The van der Waals surface area contributed by atoms with E-state index in [1.807, 2.05) is 42.5 Å². The lowest BCUT2D eigenvalue weighted by Crippen LogP contribution is -2.18. The van der Waals surface area contributed by atoms with E-state index in [-0.39, 0.29) is 11.9 Å². The van der Waals surface area contributed by atoms with Crippen LogP contribution in [0.15, 0.2) is 47.4 Å². The van der Waals surface area contributed by atoms with Crippen molar-refractivity contribution >= 4 is 40.6 Å². The van der Waals surface area contributed by atoms with E-state index in [4.69, 9.17) is 11.6 Å². The molecule has 1 unspecified atom stereocenters. The van der Waals surface area contributed by atoms with Crippen molar-refractivity contribution in [2.45, 2.75) is 17.9 Å². The molecule has 0 spiro atoms. The summed E-state index contributed by atoms with van der Waals surface area (Å²) in [4.78, 5) is 12.6. The third kappa shape index (κ3) is 3.17. The molecule has 21 heavy (non-hydrogen) atoms. The first-order valence-electron chi connectivity index (χ1n) is 6.71. The average Bonchev–Trinajstić information content (AvgIpc) is 2.47. The third-order valence-corrected chi connectivity index (χ3v) is 4.79. The van der Waals surface area contributed by atoms with Crippen molar-refractivity contribution in [3.63, 3.8) is 0 Å². The van der Waals surface area contributed by atoms with E-state index in [9.17, 15) is 4.79 Å². The second-order valence-electron chi connectivity index (χ2n) is 4.94. The van der Waals surface area contributed by atoms with Crippen molar-refractivity contribution in [3.05, 3.63) is 53.1 Å². The quantitative estimate of drug-likeness (QED) is 0.871. The Hall–Kier alpha value is -1.65. The van der Waals surface area contributed by atoms with Crippen molar-refractivity contribution in [2.24, 2.45) is 0 Å². The SMILES string of the molecule is CC(Nc1ccc2c(c1)NC(=O)CS2)c1ccccc1Cl. The first kappa shape index (κ1) is 14.3. The van der Waals surface area contributed by atoms with Crippen molar-refractivity contribution in [1.82, 2.24) is 0 Å². The molecule has 1 aliphatic heterocycles.